The molecule has 1 aromatic heterocycles. The van der Waals surface area contributed by atoms with Crippen LogP contribution in [0.4, 0.5) is 4.39 Å². The van der Waals surface area contributed by atoms with Gasteiger partial charge in [-0.15, -0.1) is 0 Å². The molecule has 0 spiro atoms. The topological polar surface area (TPSA) is 54.3 Å². The van der Waals surface area contributed by atoms with Crippen molar-refractivity contribution >= 4 is 46.2 Å². The number of aryl methyl sites for hydroxylation is 1. The second kappa shape index (κ2) is 6.58. The minimum atomic E-state index is -0.536. The van der Waals surface area contributed by atoms with Crippen molar-refractivity contribution in [1.82, 2.24) is 15.0 Å². The van der Waals surface area contributed by atoms with Crippen LogP contribution >= 0.6 is 24.0 Å². The first kappa shape index (κ1) is 16.4. The smallest absolute Gasteiger partial charge is 0.285 e. The van der Waals surface area contributed by atoms with Crippen LogP contribution in [0.25, 0.3) is 6.08 Å². The van der Waals surface area contributed by atoms with Gasteiger partial charge in [-0.2, -0.15) is 5.01 Å². The van der Waals surface area contributed by atoms with Gasteiger partial charge in [-0.05, 0) is 54.7 Å². The predicted octanol–water partition coefficient (Wildman–Crippen LogP) is 2.71. The summed E-state index contributed by atoms with van der Waals surface area (Å²) in [5, 5.41) is 1.03. The normalized spacial score (nSPS) is 16.1. The molecular weight excluding hydrogens is 349 g/mol. The first-order valence-corrected chi connectivity index (χ1v) is 8.14. The summed E-state index contributed by atoms with van der Waals surface area (Å²) in [6, 6.07) is 8.75. The highest BCUT2D eigenvalue weighted by Gasteiger charge is 2.33. The largest absolute Gasteiger partial charge is 0.351 e. The van der Waals surface area contributed by atoms with E-state index in [-0.39, 0.29) is 9.88 Å². The first-order chi connectivity index (χ1) is 11.5. The van der Waals surface area contributed by atoms with Gasteiger partial charge in [0, 0.05) is 24.5 Å². The molecule has 1 saturated heterocycles. The zero-order chi connectivity index (χ0) is 17.3. The lowest BCUT2D eigenvalue weighted by molar-refractivity contribution is -0.123. The number of carbonyl (C=O) groups excluding carboxylic acids is 2. The molecule has 1 aliphatic rings. The first-order valence-electron chi connectivity index (χ1n) is 6.91. The molecule has 0 atom stereocenters. The maximum atomic E-state index is 12.9. The summed E-state index contributed by atoms with van der Waals surface area (Å²) >= 11 is 6.27. The Morgan fingerprint density at radius 1 is 1.29 bits per heavy atom. The number of halogens is 1. The lowest BCUT2D eigenvalue weighted by atomic mass is 10.2. The number of hydrogen-bond donors (Lipinski definition) is 1. The zero-order valence-electron chi connectivity index (χ0n) is 12.5. The van der Waals surface area contributed by atoms with Gasteiger partial charge < -0.3 is 4.57 Å². The molecule has 2 heterocycles. The lowest BCUT2D eigenvalue weighted by Gasteiger charge is -2.15. The summed E-state index contributed by atoms with van der Waals surface area (Å²) in [4.78, 5) is 25.0. The number of nitrogens with zero attached hydrogens (tertiary/aromatic N) is 2. The summed E-state index contributed by atoms with van der Waals surface area (Å²) in [6.07, 6.45) is 3.58. The Morgan fingerprint density at radius 2 is 2.00 bits per heavy atom. The fourth-order valence-corrected chi connectivity index (χ4v) is 3.25. The van der Waals surface area contributed by atoms with E-state index >= 15 is 0 Å². The monoisotopic (exact) mass is 361 g/mol. The molecule has 3 rings (SSSR count). The number of benzene rings is 1. The van der Waals surface area contributed by atoms with Gasteiger partial charge in [0.05, 0.1) is 4.91 Å². The molecule has 1 aliphatic heterocycles. The van der Waals surface area contributed by atoms with E-state index in [2.05, 4.69) is 5.43 Å². The molecule has 5 nitrogen and oxygen atoms in total. The van der Waals surface area contributed by atoms with Crippen molar-refractivity contribution in [3.8, 4) is 0 Å². The summed E-state index contributed by atoms with van der Waals surface area (Å²) in [5.74, 6) is -1.38. The number of thiocarbonyl (C=S) groups is 1. The van der Waals surface area contributed by atoms with Crippen LogP contribution in [-0.4, -0.2) is 25.7 Å². The Labute approximate surface area is 147 Å². The summed E-state index contributed by atoms with van der Waals surface area (Å²) < 4.78 is 15.0. The van der Waals surface area contributed by atoms with Crippen LogP contribution in [0, 0.1) is 5.82 Å². The Balaban J connectivity index is 1.77. The zero-order valence-corrected chi connectivity index (χ0v) is 14.2. The third kappa shape index (κ3) is 3.24. The molecule has 2 aromatic rings. The quantitative estimate of drug-likeness (QED) is 0.675. The Bertz CT molecular complexity index is 858. The average Bonchev–Trinajstić information content (AvgIpc) is 3.07. The number of thioether (sulfide) groups is 1. The minimum absolute atomic E-state index is 0.232. The van der Waals surface area contributed by atoms with Crippen LogP contribution in [0.1, 0.15) is 16.1 Å². The minimum Gasteiger partial charge on any atom is -0.351 e. The van der Waals surface area contributed by atoms with E-state index in [0.29, 0.717) is 4.91 Å². The van der Waals surface area contributed by atoms with Crippen molar-refractivity contribution < 1.29 is 14.0 Å². The van der Waals surface area contributed by atoms with Gasteiger partial charge >= 0.3 is 0 Å². The number of hydrazine groups is 1. The molecule has 1 fully saturated rings. The maximum Gasteiger partial charge on any atom is 0.285 e. The van der Waals surface area contributed by atoms with E-state index in [4.69, 9.17) is 12.2 Å². The summed E-state index contributed by atoms with van der Waals surface area (Å²) in [6.45, 7) is 0. The standard InChI is InChI=1S/C16H12FN3O2S2/c1-19-8-2-3-12(19)9-13-15(22)20(16(23)24-13)18-14(21)10-4-6-11(17)7-5-10/h2-9H,1H3,(H,18,21)/b13-9+. The molecule has 122 valence electrons. The number of rotatable bonds is 3. The average molecular weight is 361 g/mol. The maximum absolute atomic E-state index is 12.9. The SMILES string of the molecule is Cn1cccc1/C=C1/SC(=S)N(NC(=O)c2ccc(F)cc2)C1=O. The van der Waals surface area contributed by atoms with Crippen molar-refractivity contribution in [2.75, 3.05) is 0 Å². The Kier molecular flexibility index (Phi) is 4.50. The van der Waals surface area contributed by atoms with Crippen molar-refractivity contribution in [1.29, 1.82) is 0 Å². The van der Waals surface area contributed by atoms with E-state index in [1.54, 1.807) is 6.08 Å². The third-order valence-electron chi connectivity index (χ3n) is 3.38. The van der Waals surface area contributed by atoms with Gasteiger partial charge in [0.1, 0.15) is 5.82 Å². The van der Waals surface area contributed by atoms with Crippen LogP contribution in [0.15, 0.2) is 47.5 Å². The molecule has 0 saturated carbocycles. The van der Waals surface area contributed by atoms with Gasteiger partial charge in [-0.25, -0.2) is 4.39 Å². The van der Waals surface area contributed by atoms with Gasteiger partial charge in [-0.1, -0.05) is 11.8 Å². The Hall–Kier alpha value is -2.45. The highest BCUT2D eigenvalue weighted by molar-refractivity contribution is 8.26. The molecule has 1 N–H and O–H groups in total. The van der Waals surface area contributed by atoms with Crippen LogP contribution < -0.4 is 5.43 Å². The van der Waals surface area contributed by atoms with E-state index in [0.717, 1.165) is 22.5 Å². The van der Waals surface area contributed by atoms with Crippen LogP contribution in [-0.2, 0) is 11.8 Å². The molecular formula is C16H12FN3O2S2. The molecule has 8 heteroatoms. The summed E-state index contributed by atoms with van der Waals surface area (Å²) in [7, 11) is 1.86. The number of aromatic nitrogens is 1. The predicted molar refractivity (Wildman–Crippen MR) is 94.3 cm³/mol. The van der Waals surface area contributed by atoms with Gasteiger partial charge in [0.15, 0.2) is 4.32 Å². The highest BCUT2D eigenvalue weighted by Crippen LogP contribution is 2.31. The van der Waals surface area contributed by atoms with Gasteiger partial charge in [0.25, 0.3) is 11.8 Å². The molecule has 2 amide bonds. The van der Waals surface area contributed by atoms with E-state index < -0.39 is 17.6 Å². The van der Waals surface area contributed by atoms with E-state index in [9.17, 15) is 14.0 Å². The second-order valence-corrected chi connectivity index (χ2v) is 6.68. The number of amides is 2. The van der Waals surface area contributed by atoms with Crippen molar-refractivity contribution in [3.63, 3.8) is 0 Å². The highest BCUT2D eigenvalue weighted by atomic mass is 32.2. The fourth-order valence-electron chi connectivity index (χ4n) is 2.09. The van der Waals surface area contributed by atoms with Crippen LogP contribution in [0.2, 0.25) is 0 Å². The number of hydrogen-bond acceptors (Lipinski definition) is 4. The van der Waals surface area contributed by atoms with Crippen molar-refractivity contribution in [2.45, 2.75) is 0 Å². The molecule has 24 heavy (non-hydrogen) atoms. The van der Waals surface area contributed by atoms with E-state index in [1.807, 2.05) is 29.9 Å². The van der Waals surface area contributed by atoms with Gasteiger partial charge in [0.2, 0.25) is 0 Å². The van der Waals surface area contributed by atoms with E-state index in [1.165, 1.54) is 24.3 Å². The number of nitrogens with one attached hydrogen (secondary N) is 1. The third-order valence-corrected chi connectivity index (χ3v) is 4.68. The molecule has 0 unspecified atom stereocenters. The lowest BCUT2D eigenvalue weighted by Crippen LogP contribution is -2.44. The molecule has 0 bridgehead atoms. The fraction of sp³-hybridized carbons (Fsp3) is 0.0625. The number of carbonyl (C=O) groups is 2. The summed E-state index contributed by atoms with van der Waals surface area (Å²) in [5.41, 5.74) is 3.53. The second-order valence-electron chi connectivity index (χ2n) is 5.01. The molecule has 0 aliphatic carbocycles. The van der Waals surface area contributed by atoms with Crippen LogP contribution in [0.5, 0.6) is 0 Å². The molecule has 0 radical (unpaired) electrons. The van der Waals surface area contributed by atoms with Crippen LogP contribution in [0.3, 0.4) is 0 Å². The van der Waals surface area contributed by atoms with Gasteiger partial charge in [-0.3, -0.25) is 15.0 Å². The van der Waals surface area contributed by atoms with Crippen molar-refractivity contribution in [2.24, 2.45) is 7.05 Å². The Morgan fingerprint density at radius 3 is 2.62 bits per heavy atom. The van der Waals surface area contributed by atoms with Crippen molar-refractivity contribution in [3.05, 3.63) is 64.6 Å². The molecule has 1 aromatic carbocycles.